The molecule has 0 aliphatic heterocycles. The first kappa shape index (κ1) is 15.7. The molecule has 3 aromatic heterocycles. The van der Waals surface area contributed by atoms with Crippen molar-refractivity contribution in [3.05, 3.63) is 50.9 Å². The van der Waals surface area contributed by atoms with Crippen molar-refractivity contribution in [2.24, 2.45) is 0 Å². The van der Waals surface area contributed by atoms with Gasteiger partial charge in [-0.05, 0) is 41.5 Å². The monoisotopic (exact) mass is 328 g/mol. The van der Waals surface area contributed by atoms with Gasteiger partial charge < -0.3 is 0 Å². The van der Waals surface area contributed by atoms with Crippen LogP contribution < -0.4 is 0 Å². The average molecular weight is 328 g/mol. The molecule has 0 unspecified atom stereocenters. The van der Waals surface area contributed by atoms with Crippen LogP contribution in [0.4, 0.5) is 0 Å². The van der Waals surface area contributed by atoms with E-state index in [1.54, 1.807) is 0 Å². The van der Waals surface area contributed by atoms with Crippen LogP contribution in [0.25, 0.3) is 0 Å². The summed E-state index contributed by atoms with van der Waals surface area (Å²) in [5.41, 5.74) is 10.2. The Hall–Kier alpha value is -2.15. The van der Waals surface area contributed by atoms with Crippen LogP contribution >= 0.6 is 0 Å². The molecule has 0 amide bonds. The largest absolute Gasteiger partial charge is 0.282 e. The van der Waals surface area contributed by atoms with E-state index in [-0.39, 0.29) is 5.04 Å². The van der Waals surface area contributed by atoms with Crippen molar-refractivity contribution in [2.75, 3.05) is 0 Å². The van der Waals surface area contributed by atoms with Gasteiger partial charge in [0, 0.05) is 49.1 Å². The van der Waals surface area contributed by atoms with E-state index in [0.29, 0.717) is 0 Å². The van der Waals surface area contributed by atoms with Crippen LogP contribution in [0.5, 0.6) is 0 Å². The van der Waals surface area contributed by atoms with Gasteiger partial charge in [-0.3, -0.25) is 15.3 Å². The highest BCUT2D eigenvalue weighted by molar-refractivity contribution is 6.21. The van der Waals surface area contributed by atoms with Crippen LogP contribution in [0.2, 0.25) is 0 Å². The fourth-order valence-electron chi connectivity index (χ4n) is 4.24. The van der Waals surface area contributed by atoms with Crippen molar-refractivity contribution in [3.8, 4) is 0 Å². The summed E-state index contributed by atoms with van der Waals surface area (Å²) in [5.74, 6) is 0. The third-order valence-electron chi connectivity index (χ3n) is 4.88. The van der Waals surface area contributed by atoms with E-state index in [2.05, 4.69) is 72.1 Å². The summed E-state index contributed by atoms with van der Waals surface area (Å²) in [7, 11) is 0.889. The van der Waals surface area contributed by atoms with E-state index in [4.69, 9.17) is 0 Å². The van der Waals surface area contributed by atoms with Crippen molar-refractivity contribution in [1.82, 2.24) is 30.6 Å². The van der Waals surface area contributed by atoms with Gasteiger partial charge in [0.15, 0.2) is 0 Å². The molecule has 3 N–H and O–H groups in total. The van der Waals surface area contributed by atoms with E-state index < -0.39 is 0 Å². The summed E-state index contributed by atoms with van der Waals surface area (Å²) in [6, 6.07) is 0. The van der Waals surface area contributed by atoms with Gasteiger partial charge in [-0.1, -0.05) is 0 Å². The molecule has 0 bridgehead atoms. The highest BCUT2D eigenvalue weighted by Gasteiger charge is 2.41. The minimum atomic E-state index is -0.233. The Bertz CT molecular complexity index is 698. The molecule has 0 fully saturated rings. The first-order chi connectivity index (χ1) is 10.8. The zero-order valence-electron chi connectivity index (χ0n) is 14.8. The van der Waals surface area contributed by atoms with Crippen LogP contribution in [0.15, 0.2) is 0 Å². The number of aromatic amines is 3. The van der Waals surface area contributed by atoms with Crippen molar-refractivity contribution < 1.29 is 0 Å². The maximum atomic E-state index is 4.46. The van der Waals surface area contributed by atoms with Gasteiger partial charge >= 0.3 is 0 Å². The second kappa shape index (κ2) is 5.19. The van der Waals surface area contributed by atoms with Crippen LogP contribution in [-0.4, -0.2) is 40.8 Å². The fraction of sp³-hybridized carbons (Fsp3) is 0.438. The first-order valence-electron chi connectivity index (χ1n) is 7.84. The van der Waals surface area contributed by atoms with E-state index in [1.165, 1.54) is 16.7 Å². The standard InChI is InChI=1S/C16H24N6Si/c1-7-13(8(2)18-17-7)16(23,14-9(3)19-20-10(14)4)15-11(5)21-22-12(15)6/h1-6,23H3,(H,17,18)(H,19,20)(H,21,22). The number of H-pyrrole nitrogens is 3. The molecule has 6 nitrogen and oxygen atoms in total. The second-order valence-electron chi connectivity index (χ2n) is 6.55. The molecule has 3 heterocycles. The number of hydrogen-bond donors (Lipinski definition) is 3. The normalized spacial score (nSPS) is 12.3. The zero-order chi connectivity index (χ0) is 16.9. The Morgan fingerprint density at radius 3 is 1.04 bits per heavy atom. The van der Waals surface area contributed by atoms with Gasteiger partial charge in [-0.2, -0.15) is 15.3 Å². The van der Waals surface area contributed by atoms with Gasteiger partial charge in [0.2, 0.25) is 0 Å². The lowest BCUT2D eigenvalue weighted by Gasteiger charge is -2.32. The Morgan fingerprint density at radius 2 is 0.870 bits per heavy atom. The quantitative estimate of drug-likeness (QED) is 0.635. The third kappa shape index (κ3) is 2.10. The van der Waals surface area contributed by atoms with Crippen LogP contribution in [0, 0.1) is 41.5 Å². The molecule has 0 saturated heterocycles. The molecule has 23 heavy (non-hydrogen) atoms. The summed E-state index contributed by atoms with van der Waals surface area (Å²) in [5, 5.41) is 22.6. The average Bonchev–Trinajstić information content (AvgIpc) is 3.10. The molecule has 0 aromatic carbocycles. The number of aryl methyl sites for hydroxylation is 6. The maximum absolute atomic E-state index is 4.46. The van der Waals surface area contributed by atoms with Gasteiger partial charge in [-0.25, -0.2) is 0 Å². The highest BCUT2D eigenvalue weighted by atomic mass is 28.1. The first-order valence-corrected chi connectivity index (χ1v) is 8.84. The van der Waals surface area contributed by atoms with Crippen LogP contribution in [-0.2, 0) is 5.04 Å². The van der Waals surface area contributed by atoms with Crippen molar-refractivity contribution in [3.63, 3.8) is 0 Å². The Labute approximate surface area is 138 Å². The molecule has 0 saturated carbocycles. The molecule has 122 valence electrons. The predicted molar refractivity (Wildman–Crippen MR) is 94.0 cm³/mol. The molecule has 0 aliphatic rings. The van der Waals surface area contributed by atoms with Gasteiger partial charge in [0.05, 0.1) is 17.1 Å². The lowest BCUT2D eigenvalue weighted by molar-refractivity contribution is 0.824. The summed E-state index contributed by atoms with van der Waals surface area (Å²) < 4.78 is 0. The molecule has 0 radical (unpaired) electrons. The van der Waals surface area contributed by atoms with Gasteiger partial charge in [0.25, 0.3) is 0 Å². The van der Waals surface area contributed by atoms with Crippen molar-refractivity contribution in [1.29, 1.82) is 0 Å². The highest BCUT2D eigenvalue weighted by Crippen LogP contribution is 2.43. The summed E-state index contributed by atoms with van der Waals surface area (Å²) in [6.45, 7) is 12.5. The second-order valence-corrected chi connectivity index (χ2v) is 8.05. The Morgan fingerprint density at radius 1 is 0.609 bits per heavy atom. The smallest absolute Gasteiger partial charge is 0.0635 e. The van der Waals surface area contributed by atoms with Gasteiger partial charge in [-0.15, -0.1) is 0 Å². The van der Waals surface area contributed by atoms with Crippen molar-refractivity contribution in [2.45, 2.75) is 46.6 Å². The SMILES string of the molecule is Cc1n[nH]c(C)c1C([SiH3])(c1c(C)n[nH]c1C)c1c(C)n[nH]c1C. The molecular formula is C16H24N6Si. The maximum Gasteiger partial charge on any atom is 0.0635 e. The fourth-order valence-corrected chi connectivity index (χ4v) is 6.45. The van der Waals surface area contributed by atoms with E-state index >= 15 is 0 Å². The molecule has 0 aliphatic carbocycles. The third-order valence-corrected chi connectivity index (χ3v) is 6.38. The molecule has 0 atom stereocenters. The lowest BCUT2D eigenvalue weighted by Crippen LogP contribution is -2.33. The predicted octanol–water partition coefficient (Wildman–Crippen LogP) is 1.36. The summed E-state index contributed by atoms with van der Waals surface area (Å²) in [6.07, 6.45) is 0. The Balaban J connectivity index is 2.45. The van der Waals surface area contributed by atoms with E-state index in [0.717, 1.165) is 44.4 Å². The topological polar surface area (TPSA) is 86.0 Å². The minimum Gasteiger partial charge on any atom is -0.282 e. The summed E-state index contributed by atoms with van der Waals surface area (Å²) >= 11 is 0. The van der Waals surface area contributed by atoms with E-state index in [1.807, 2.05) is 0 Å². The Kier molecular flexibility index (Phi) is 3.55. The summed E-state index contributed by atoms with van der Waals surface area (Å²) in [4.78, 5) is 0. The molecule has 7 heteroatoms. The molecule has 3 aromatic rings. The van der Waals surface area contributed by atoms with Crippen molar-refractivity contribution >= 4 is 10.2 Å². The zero-order valence-corrected chi connectivity index (χ0v) is 16.8. The number of aromatic nitrogens is 6. The molecule has 0 spiro atoms. The number of hydrogen-bond acceptors (Lipinski definition) is 3. The van der Waals surface area contributed by atoms with Crippen LogP contribution in [0.1, 0.15) is 50.9 Å². The number of rotatable bonds is 3. The van der Waals surface area contributed by atoms with Crippen LogP contribution in [0.3, 0.4) is 0 Å². The molecular weight excluding hydrogens is 304 g/mol. The van der Waals surface area contributed by atoms with E-state index in [9.17, 15) is 0 Å². The number of nitrogens with one attached hydrogen (secondary N) is 3. The molecule has 3 rings (SSSR count). The van der Waals surface area contributed by atoms with Gasteiger partial charge in [0.1, 0.15) is 0 Å². The minimum absolute atomic E-state index is 0.233. The lowest BCUT2D eigenvalue weighted by atomic mass is 9.80. The number of nitrogens with zero attached hydrogens (tertiary/aromatic N) is 3.